The predicted octanol–water partition coefficient (Wildman–Crippen LogP) is 1.99. The fraction of sp³-hybridized carbons (Fsp3) is 0.538. The molecule has 0 bridgehead atoms. The van der Waals surface area contributed by atoms with Crippen molar-refractivity contribution in [1.82, 2.24) is 10.3 Å². The third-order valence-corrected chi connectivity index (χ3v) is 1.96. The van der Waals surface area contributed by atoms with Crippen molar-refractivity contribution in [1.29, 1.82) is 0 Å². The predicted molar refractivity (Wildman–Crippen MR) is 70.5 cm³/mol. The number of methoxy groups -OCH3 is 1. The first-order valence-electron chi connectivity index (χ1n) is 6.00. The van der Waals surface area contributed by atoms with Gasteiger partial charge in [-0.3, -0.25) is 0 Å². The van der Waals surface area contributed by atoms with Crippen molar-refractivity contribution >= 4 is 6.09 Å². The largest absolute Gasteiger partial charge is 0.497 e. The normalized spacial score (nSPS) is 10.7. The molecule has 0 aliphatic rings. The zero-order chi connectivity index (χ0) is 14.3. The van der Waals surface area contributed by atoms with E-state index in [2.05, 4.69) is 10.3 Å². The topological polar surface area (TPSA) is 69.7 Å². The Kier molecular flexibility index (Phi) is 5.41. The number of aromatic nitrogens is 1. The fourth-order valence-electron chi connectivity index (χ4n) is 1.22. The van der Waals surface area contributed by atoms with E-state index >= 15 is 0 Å². The van der Waals surface area contributed by atoms with Crippen LogP contribution in [-0.4, -0.2) is 36.9 Å². The molecule has 1 amide bonds. The summed E-state index contributed by atoms with van der Waals surface area (Å²) in [5, 5.41) is 2.59. The molecule has 0 unspecified atom stereocenters. The Balaban J connectivity index is 2.25. The van der Waals surface area contributed by atoms with E-state index in [9.17, 15) is 4.79 Å². The number of nitrogens with zero attached hydrogens (tertiary/aromatic N) is 1. The van der Waals surface area contributed by atoms with Gasteiger partial charge in [-0.1, -0.05) is 0 Å². The van der Waals surface area contributed by atoms with Crippen molar-refractivity contribution in [2.45, 2.75) is 26.4 Å². The van der Waals surface area contributed by atoms with E-state index < -0.39 is 11.7 Å². The summed E-state index contributed by atoms with van der Waals surface area (Å²) in [6.07, 6.45) is 1.13. The molecule has 1 N–H and O–H groups in total. The van der Waals surface area contributed by atoms with Gasteiger partial charge in [-0.2, -0.15) is 0 Å². The SMILES string of the molecule is COc1ccnc(OCCNC(=O)OC(C)(C)C)c1. The van der Waals surface area contributed by atoms with Crippen molar-refractivity contribution in [3.63, 3.8) is 0 Å². The minimum Gasteiger partial charge on any atom is -0.497 e. The van der Waals surface area contributed by atoms with Gasteiger partial charge in [-0.05, 0) is 26.8 Å². The molecule has 0 radical (unpaired) electrons. The molecule has 1 heterocycles. The fourth-order valence-corrected chi connectivity index (χ4v) is 1.22. The zero-order valence-electron chi connectivity index (χ0n) is 11.7. The molecule has 1 rings (SSSR count). The lowest BCUT2D eigenvalue weighted by Crippen LogP contribution is -2.34. The molecule has 1 aromatic rings. The number of amides is 1. The summed E-state index contributed by atoms with van der Waals surface area (Å²) in [5.74, 6) is 1.12. The second-order valence-electron chi connectivity index (χ2n) is 4.81. The number of rotatable bonds is 5. The van der Waals surface area contributed by atoms with E-state index in [1.807, 2.05) is 20.8 Å². The number of hydrogen-bond acceptors (Lipinski definition) is 5. The highest BCUT2D eigenvalue weighted by molar-refractivity contribution is 5.67. The molecular weight excluding hydrogens is 248 g/mol. The molecule has 6 nitrogen and oxygen atoms in total. The molecule has 1 aromatic heterocycles. The van der Waals surface area contributed by atoms with Crippen molar-refractivity contribution in [3.8, 4) is 11.6 Å². The summed E-state index contributed by atoms with van der Waals surface area (Å²) < 4.78 is 15.5. The minimum atomic E-state index is -0.501. The molecule has 0 saturated carbocycles. The molecule has 0 atom stereocenters. The summed E-state index contributed by atoms with van der Waals surface area (Å²) >= 11 is 0. The first-order valence-corrected chi connectivity index (χ1v) is 6.00. The molecule has 0 fully saturated rings. The number of pyridine rings is 1. The van der Waals surface area contributed by atoms with Crippen LogP contribution in [0.15, 0.2) is 18.3 Å². The second kappa shape index (κ2) is 6.82. The number of hydrogen-bond donors (Lipinski definition) is 1. The van der Waals surface area contributed by atoms with Crippen LogP contribution in [0.1, 0.15) is 20.8 Å². The number of ether oxygens (including phenoxy) is 3. The molecular formula is C13H20N2O4. The van der Waals surface area contributed by atoms with Gasteiger partial charge in [0.05, 0.1) is 13.7 Å². The van der Waals surface area contributed by atoms with Crippen LogP contribution in [-0.2, 0) is 4.74 Å². The van der Waals surface area contributed by atoms with Gasteiger partial charge in [0.1, 0.15) is 18.0 Å². The maximum absolute atomic E-state index is 11.3. The van der Waals surface area contributed by atoms with Gasteiger partial charge in [0.2, 0.25) is 5.88 Å². The maximum atomic E-state index is 11.3. The van der Waals surface area contributed by atoms with E-state index in [-0.39, 0.29) is 0 Å². The Labute approximate surface area is 113 Å². The number of carbonyl (C=O) groups excluding carboxylic acids is 1. The Bertz CT molecular complexity index is 415. The first-order chi connectivity index (χ1) is 8.90. The minimum absolute atomic E-state index is 0.305. The third-order valence-electron chi connectivity index (χ3n) is 1.96. The van der Waals surface area contributed by atoms with Gasteiger partial charge in [-0.25, -0.2) is 9.78 Å². The van der Waals surface area contributed by atoms with E-state index in [0.717, 1.165) is 0 Å². The van der Waals surface area contributed by atoms with Gasteiger partial charge in [0.15, 0.2) is 0 Å². The van der Waals surface area contributed by atoms with E-state index in [4.69, 9.17) is 14.2 Å². The van der Waals surface area contributed by atoms with Crippen molar-refractivity contribution in [2.24, 2.45) is 0 Å². The van der Waals surface area contributed by atoms with Crippen LogP contribution in [0.25, 0.3) is 0 Å². The molecule has 106 valence electrons. The van der Waals surface area contributed by atoms with Crippen LogP contribution >= 0.6 is 0 Å². The van der Waals surface area contributed by atoms with Crippen molar-refractivity contribution < 1.29 is 19.0 Å². The molecule has 0 aliphatic heterocycles. The van der Waals surface area contributed by atoms with Crippen molar-refractivity contribution in [2.75, 3.05) is 20.3 Å². The standard InChI is InChI=1S/C13H20N2O4/c1-13(2,3)19-12(16)15-7-8-18-11-9-10(17-4)5-6-14-11/h5-6,9H,7-8H2,1-4H3,(H,15,16). The molecule has 19 heavy (non-hydrogen) atoms. The smallest absolute Gasteiger partial charge is 0.407 e. The quantitative estimate of drug-likeness (QED) is 0.827. The highest BCUT2D eigenvalue weighted by atomic mass is 16.6. The highest BCUT2D eigenvalue weighted by Gasteiger charge is 2.15. The van der Waals surface area contributed by atoms with Crippen LogP contribution in [0.5, 0.6) is 11.6 Å². The summed E-state index contributed by atoms with van der Waals surface area (Å²) in [7, 11) is 1.57. The lowest BCUT2D eigenvalue weighted by atomic mass is 10.2. The van der Waals surface area contributed by atoms with Gasteiger partial charge < -0.3 is 19.5 Å². The van der Waals surface area contributed by atoms with Crippen LogP contribution in [0.4, 0.5) is 4.79 Å². The maximum Gasteiger partial charge on any atom is 0.407 e. The monoisotopic (exact) mass is 268 g/mol. The highest BCUT2D eigenvalue weighted by Crippen LogP contribution is 2.15. The third kappa shape index (κ3) is 6.49. The summed E-state index contributed by atoms with van der Waals surface area (Å²) in [5.41, 5.74) is -0.501. The average Bonchev–Trinajstić information content (AvgIpc) is 2.33. The number of carbonyl (C=O) groups is 1. The van der Waals surface area contributed by atoms with E-state index in [0.29, 0.717) is 24.8 Å². The van der Waals surface area contributed by atoms with Crippen LogP contribution < -0.4 is 14.8 Å². The van der Waals surface area contributed by atoms with Crippen LogP contribution in [0.3, 0.4) is 0 Å². The van der Waals surface area contributed by atoms with Gasteiger partial charge in [0, 0.05) is 12.3 Å². The Morgan fingerprint density at radius 3 is 2.79 bits per heavy atom. The zero-order valence-corrected chi connectivity index (χ0v) is 11.7. The average molecular weight is 268 g/mol. The first kappa shape index (κ1) is 15.1. The van der Waals surface area contributed by atoms with Crippen LogP contribution in [0, 0.1) is 0 Å². The van der Waals surface area contributed by atoms with Gasteiger partial charge in [-0.15, -0.1) is 0 Å². The summed E-state index contributed by atoms with van der Waals surface area (Å²) in [4.78, 5) is 15.4. The molecule has 0 saturated heterocycles. The lowest BCUT2D eigenvalue weighted by molar-refractivity contribution is 0.0520. The summed E-state index contributed by atoms with van der Waals surface area (Å²) in [6, 6.07) is 3.40. The Morgan fingerprint density at radius 2 is 2.16 bits per heavy atom. The van der Waals surface area contributed by atoms with Crippen molar-refractivity contribution in [3.05, 3.63) is 18.3 Å². The van der Waals surface area contributed by atoms with Crippen LogP contribution in [0.2, 0.25) is 0 Å². The second-order valence-corrected chi connectivity index (χ2v) is 4.81. The summed E-state index contributed by atoms with van der Waals surface area (Å²) in [6.45, 7) is 6.07. The molecule has 0 aromatic carbocycles. The number of alkyl carbamates (subject to hydrolysis) is 1. The lowest BCUT2D eigenvalue weighted by Gasteiger charge is -2.19. The molecule has 0 aliphatic carbocycles. The van der Waals surface area contributed by atoms with Gasteiger partial charge >= 0.3 is 6.09 Å². The molecule has 6 heteroatoms. The van der Waals surface area contributed by atoms with E-state index in [1.165, 1.54) is 0 Å². The number of nitrogens with one attached hydrogen (secondary N) is 1. The molecule has 0 spiro atoms. The Hall–Kier alpha value is -1.98. The Morgan fingerprint density at radius 1 is 1.42 bits per heavy atom. The van der Waals surface area contributed by atoms with E-state index in [1.54, 1.807) is 25.4 Å². The van der Waals surface area contributed by atoms with Gasteiger partial charge in [0.25, 0.3) is 0 Å².